The van der Waals surface area contributed by atoms with E-state index in [1.807, 2.05) is 13.8 Å². The molecule has 0 radical (unpaired) electrons. The summed E-state index contributed by atoms with van der Waals surface area (Å²) in [5.74, 6) is -0.934. The third-order valence-electron chi connectivity index (χ3n) is 3.39. The summed E-state index contributed by atoms with van der Waals surface area (Å²) in [5, 5.41) is 6.97. The zero-order chi connectivity index (χ0) is 16.6. The molecule has 3 rings (SSSR count). The van der Waals surface area contributed by atoms with Gasteiger partial charge in [0.1, 0.15) is 11.5 Å². The fraction of sp³-hybridized carbons (Fsp3) is 0.188. The van der Waals surface area contributed by atoms with Crippen molar-refractivity contribution in [3.05, 3.63) is 58.8 Å². The van der Waals surface area contributed by atoms with Crippen LogP contribution in [0.1, 0.15) is 35.9 Å². The van der Waals surface area contributed by atoms with Gasteiger partial charge in [-0.3, -0.25) is 4.79 Å². The van der Waals surface area contributed by atoms with E-state index < -0.39 is 11.7 Å². The monoisotopic (exact) mass is 332 g/mol. The van der Waals surface area contributed by atoms with Crippen molar-refractivity contribution < 1.29 is 9.18 Å². The molecule has 1 N–H and O–H groups in total. The Morgan fingerprint density at radius 3 is 2.78 bits per heavy atom. The zero-order valence-corrected chi connectivity index (χ0v) is 13.3. The highest BCUT2D eigenvalue weighted by Gasteiger charge is 2.16. The highest BCUT2D eigenvalue weighted by Crippen LogP contribution is 2.21. The van der Waals surface area contributed by atoms with Gasteiger partial charge in [0.2, 0.25) is 0 Å². The summed E-state index contributed by atoms with van der Waals surface area (Å²) in [6.45, 7) is 3.99. The standard InChI is InChI=1S/C16H14ClFN4O/c1-9(2)14-8-13(20-15-5-6-19-22(14)15)16(23)21-12-4-3-10(17)7-11(12)18/h3-9H,1-2H3,(H,21,23). The smallest absolute Gasteiger partial charge is 0.274 e. The van der Waals surface area contributed by atoms with Crippen LogP contribution < -0.4 is 5.32 Å². The quantitative estimate of drug-likeness (QED) is 0.791. The molecular weight excluding hydrogens is 319 g/mol. The molecule has 23 heavy (non-hydrogen) atoms. The number of benzene rings is 1. The van der Waals surface area contributed by atoms with Crippen molar-refractivity contribution in [3.8, 4) is 0 Å². The second kappa shape index (κ2) is 5.96. The van der Waals surface area contributed by atoms with Gasteiger partial charge in [-0.1, -0.05) is 25.4 Å². The van der Waals surface area contributed by atoms with E-state index in [-0.39, 0.29) is 22.3 Å². The van der Waals surface area contributed by atoms with E-state index in [9.17, 15) is 9.18 Å². The third-order valence-corrected chi connectivity index (χ3v) is 3.63. The first-order valence-corrected chi connectivity index (χ1v) is 7.44. The van der Waals surface area contributed by atoms with Gasteiger partial charge in [-0.25, -0.2) is 13.9 Å². The number of carbonyl (C=O) groups excluding carboxylic acids is 1. The van der Waals surface area contributed by atoms with Crippen molar-refractivity contribution in [2.75, 3.05) is 5.32 Å². The number of nitrogens with zero attached hydrogens (tertiary/aromatic N) is 3. The number of hydrogen-bond donors (Lipinski definition) is 1. The fourth-order valence-electron chi connectivity index (χ4n) is 2.24. The molecule has 0 saturated carbocycles. The summed E-state index contributed by atoms with van der Waals surface area (Å²) in [5.41, 5.74) is 1.68. The first-order valence-electron chi connectivity index (χ1n) is 7.07. The maximum Gasteiger partial charge on any atom is 0.274 e. The fourth-order valence-corrected chi connectivity index (χ4v) is 2.40. The maximum atomic E-state index is 13.8. The number of fused-ring (bicyclic) bond motifs is 1. The summed E-state index contributed by atoms with van der Waals surface area (Å²) in [6.07, 6.45) is 1.62. The number of aromatic nitrogens is 3. The molecule has 2 heterocycles. The van der Waals surface area contributed by atoms with Crippen LogP contribution in [0, 0.1) is 5.82 Å². The second-order valence-electron chi connectivity index (χ2n) is 5.40. The Kier molecular flexibility index (Phi) is 4.00. The maximum absolute atomic E-state index is 13.8. The molecule has 0 saturated heterocycles. The Bertz CT molecular complexity index is 891. The predicted molar refractivity (Wildman–Crippen MR) is 86.4 cm³/mol. The number of halogens is 2. The molecule has 1 amide bonds. The van der Waals surface area contributed by atoms with Crippen molar-refractivity contribution in [2.24, 2.45) is 0 Å². The molecular formula is C16H14ClFN4O. The van der Waals surface area contributed by atoms with Gasteiger partial charge in [-0.2, -0.15) is 5.10 Å². The van der Waals surface area contributed by atoms with Gasteiger partial charge in [0.05, 0.1) is 11.9 Å². The van der Waals surface area contributed by atoms with E-state index >= 15 is 0 Å². The van der Waals surface area contributed by atoms with Crippen LogP contribution in [-0.2, 0) is 0 Å². The molecule has 5 nitrogen and oxygen atoms in total. The number of rotatable bonds is 3. The van der Waals surface area contributed by atoms with E-state index in [4.69, 9.17) is 11.6 Å². The number of anilines is 1. The average molecular weight is 333 g/mol. The summed E-state index contributed by atoms with van der Waals surface area (Å²) in [6, 6.07) is 7.44. The predicted octanol–water partition coefficient (Wildman–Crippen LogP) is 3.90. The van der Waals surface area contributed by atoms with Gasteiger partial charge in [0.25, 0.3) is 5.91 Å². The molecule has 0 bridgehead atoms. The SMILES string of the molecule is CC(C)c1cc(C(=O)Nc2ccc(Cl)cc2F)nc2ccnn12. The lowest BCUT2D eigenvalue weighted by Gasteiger charge is -2.11. The molecule has 0 aliphatic rings. The highest BCUT2D eigenvalue weighted by molar-refractivity contribution is 6.30. The Balaban J connectivity index is 1.97. The minimum atomic E-state index is -0.597. The molecule has 0 unspecified atom stereocenters. The molecule has 1 aromatic carbocycles. The average Bonchev–Trinajstić information content (AvgIpc) is 2.97. The molecule has 0 fully saturated rings. The molecule has 7 heteroatoms. The third kappa shape index (κ3) is 3.03. The van der Waals surface area contributed by atoms with E-state index in [0.29, 0.717) is 5.65 Å². The van der Waals surface area contributed by atoms with E-state index in [1.165, 1.54) is 12.1 Å². The Labute approximate surface area is 137 Å². The number of amides is 1. The lowest BCUT2D eigenvalue weighted by atomic mass is 10.1. The summed E-state index contributed by atoms with van der Waals surface area (Å²) < 4.78 is 15.5. The van der Waals surface area contributed by atoms with Crippen LogP contribution in [0.15, 0.2) is 36.5 Å². The molecule has 0 atom stereocenters. The minimum Gasteiger partial charge on any atom is -0.318 e. The summed E-state index contributed by atoms with van der Waals surface area (Å²) in [4.78, 5) is 16.7. The number of hydrogen-bond acceptors (Lipinski definition) is 3. The molecule has 0 spiro atoms. The summed E-state index contributed by atoms with van der Waals surface area (Å²) in [7, 11) is 0. The van der Waals surface area contributed by atoms with Crippen molar-refractivity contribution in [1.82, 2.24) is 14.6 Å². The van der Waals surface area contributed by atoms with Crippen LogP contribution >= 0.6 is 11.6 Å². The van der Waals surface area contributed by atoms with Crippen LogP contribution in [0.25, 0.3) is 5.65 Å². The van der Waals surface area contributed by atoms with Crippen molar-refractivity contribution in [3.63, 3.8) is 0 Å². The summed E-state index contributed by atoms with van der Waals surface area (Å²) >= 11 is 5.70. The van der Waals surface area contributed by atoms with Crippen molar-refractivity contribution in [2.45, 2.75) is 19.8 Å². The van der Waals surface area contributed by atoms with Crippen LogP contribution in [0.2, 0.25) is 5.02 Å². The van der Waals surface area contributed by atoms with Crippen LogP contribution in [0.4, 0.5) is 10.1 Å². The Morgan fingerprint density at radius 1 is 1.30 bits per heavy atom. The van der Waals surface area contributed by atoms with Gasteiger partial charge >= 0.3 is 0 Å². The normalized spacial score (nSPS) is 11.2. The van der Waals surface area contributed by atoms with Crippen LogP contribution in [0.3, 0.4) is 0 Å². The zero-order valence-electron chi connectivity index (χ0n) is 12.5. The first kappa shape index (κ1) is 15.4. The molecule has 118 valence electrons. The second-order valence-corrected chi connectivity index (χ2v) is 5.84. The van der Waals surface area contributed by atoms with E-state index in [1.54, 1.807) is 22.8 Å². The van der Waals surface area contributed by atoms with Crippen molar-refractivity contribution in [1.29, 1.82) is 0 Å². The molecule has 3 aromatic rings. The van der Waals surface area contributed by atoms with Gasteiger partial charge in [0, 0.05) is 16.8 Å². The van der Waals surface area contributed by atoms with Crippen LogP contribution in [-0.4, -0.2) is 20.5 Å². The van der Waals surface area contributed by atoms with Gasteiger partial charge in [0.15, 0.2) is 5.65 Å². The molecule has 2 aromatic heterocycles. The molecule has 0 aliphatic heterocycles. The van der Waals surface area contributed by atoms with E-state index in [2.05, 4.69) is 15.4 Å². The van der Waals surface area contributed by atoms with Gasteiger partial charge < -0.3 is 5.32 Å². The minimum absolute atomic E-state index is 0.0562. The Hall–Kier alpha value is -2.47. The lowest BCUT2D eigenvalue weighted by Crippen LogP contribution is -2.17. The first-order chi connectivity index (χ1) is 11.0. The lowest BCUT2D eigenvalue weighted by molar-refractivity contribution is 0.102. The Morgan fingerprint density at radius 2 is 2.09 bits per heavy atom. The van der Waals surface area contributed by atoms with E-state index in [0.717, 1.165) is 11.8 Å². The largest absolute Gasteiger partial charge is 0.318 e. The number of nitrogens with one attached hydrogen (secondary N) is 1. The number of carbonyl (C=O) groups is 1. The van der Waals surface area contributed by atoms with Gasteiger partial charge in [-0.05, 0) is 30.2 Å². The topological polar surface area (TPSA) is 59.3 Å². The molecule has 0 aliphatic carbocycles. The highest BCUT2D eigenvalue weighted by atomic mass is 35.5. The van der Waals surface area contributed by atoms with Crippen molar-refractivity contribution >= 4 is 28.8 Å². The van der Waals surface area contributed by atoms with Gasteiger partial charge in [-0.15, -0.1) is 0 Å². The van der Waals surface area contributed by atoms with Crippen LogP contribution in [0.5, 0.6) is 0 Å².